The van der Waals surface area contributed by atoms with Crippen molar-refractivity contribution in [1.29, 1.82) is 0 Å². The van der Waals surface area contributed by atoms with Gasteiger partial charge < -0.3 is 19.1 Å². The lowest BCUT2D eigenvalue weighted by molar-refractivity contribution is -0.121. The lowest BCUT2D eigenvalue weighted by Crippen LogP contribution is -2.39. The number of ether oxygens (including phenoxy) is 1. The molecule has 5 rings (SSSR count). The molecule has 0 bridgehead atoms. The fraction of sp³-hybridized carbons (Fsp3) is 0.360. The third-order valence-electron chi connectivity index (χ3n) is 6.33. The van der Waals surface area contributed by atoms with Crippen molar-refractivity contribution in [2.75, 3.05) is 29.5 Å². The van der Waals surface area contributed by atoms with Crippen LogP contribution in [0, 0.1) is 13.8 Å². The zero-order valence-corrected chi connectivity index (χ0v) is 19.0. The number of amides is 2. The van der Waals surface area contributed by atoms with Gasteiger partial charge in [-0.25, -0.2) is 0 Å². The highest BCUT2D eigenvalue weighted by Gasteiger charge is 2.35. The maximum absolute atomic E-state index is 12.7. The molecule has 0 N–H and O–H groups in total. The minimum atomic E-state index is -0.167. The lowest BCUT2D eigenvalue weighted by atomic mass is 10.1. The smallest absolute Gasteiger partial charge is 0.265 e. The third kappa shape index (κ3) is 3.86. The molecule has 2 aromatic carbocycles. The number of benzene rings is 2. The van der Waals surface area contributed by atoms with Crippen molar-refractivity contribution in [1.82, 2.24) is 10.1 Å². The second-order valence-corrected chi connectivity index (χ2v) is 8.65. The first-order chi connectivity index (χ1) is 15.9. The van der Waals surface area contributed by atoms with E-state index in [9.17, 15) is 9.59 Å². The van der Waals surface area contributed by atoms with Crippen LogP contribution in [-0.2, 0) is 9.59 Å². The van der Waals surface area contributed by atoms with Crippen LogP contribution in [-0.4, -0.2) is 41.7 Å². The summed E-state index contributed by atoms with van der Waals surface area (Å²) in [6, 6.07) is 11.6. The molecule has 170 valence electrons. The van der Waals surface area contributed by atoms with Crippen LogP contribution in [0.15, 0.2) is 40.9 Å². The molecule has 1 aromatic heterocycles. The number of carbonyl (C=O) groups is 2. The molecule has 0 saturated carbocycles. The van der Waals surface area contributed by atoms with Crippen LogP contribution in [0.3, 0.4) is 0 Å². The average molecular weight is 447 g/mol. The normalized spacial score (nSPS) is 18.0. The predicted molar refractivity (Wildman–Crippen MR) is 124 cm³/mol. The van der Waals surface area contributed by atoms with Gasteiger partial charge in [-0.2, -0.15) is 4.98 Å². The average Bonchev–Trinajstić information content (AvgIpc) is 3.44. The fourth-order valence-electron chi connectivity index (χ4n) is 4.34. The summed E-state index contributed by atoms with van der Waals surface area (Å²) in [7, 11) is 0. The molecule has 0 unspecified atom stereocenters. The number of anilines is 2. The van der Waals surface area contributed by atoms with Crippen molar-refractivity contribution in [3.8, 4) is 17.1 Å². The number of hydrogen-bond donors (Lipinski definition) is 0. The van der Waals surface area contributed by atoms with Crippen LogP contribution in [0.25, 0.3) is 11.4 Å². The largest absolute Gasteiger partial charge is 0.482 e. The summed E-state index contributed by atoms with van der Waals surface area (Å²) in [4.78, 5) is 33.1. The lowest BCUT2D eigenvalue weighted by Gasteiger charge is -2.29. The maximum atomic E-state index is 12.7. The van der Waals surface area contributed by atoms with Gasteiger partial charge in [0.15, 0.2) is 6.61 Å². The van der Waals surface area contributed by atoms with Gasteiger partial charge in [-0.1, -0.05) is 18.1 Å². The molecule has 1 atom stereocenters. The van der Waals surface area contributed by atoms with E-state index in [-0.39, 0.29) is 24.3 Å². The standard InChI is InChI=1S/C25H26N4O4/c1-4-9-28-20-11-17(6-8-21(20)32-14-23(28)31)24-26-25(33-27-24)18-12-22(30)29(13-18)19-7-5-15(2)16(3)10-19/h5-8,10-11,18H,4,9,12-14H2,1-3H3/t18-/m0/s1. The minimum Gasteiger partial charge on any atom is -0.482 e. The predicted octanol–water partition coefficient (Wildman–Crippen LogP) is 4.01. The van der Waals surface area contributed by atoms with Crippen molar-refractivity contribution < 1.29 is 18.8 Å². The maximum Gasteiger partial charge on any atom is 0.265 e. The monoisotopic (exact) mass is 446 g/mol. The molecule has 33 heavy (non-hydrogen) atoms. The zero-order valence-electron chi connectivity index (χ0n) is 19.0. The zero-order chi connectivity index (χ0) is 23.1. The van der Waals surface area contributed by atoms with Crippen molar-refractivity contribution in [3.05, 3.63) is 53.4 Å². The molecule has 8 heteroatoms. The molecule has 8 nitrogen and oxygen atoms in total. The van der Waals surface area contributed by atoms with E-state index in [4.69, 9.17) is 9.26 Å². The molecule has 2 aliphatic rings. The number of aromatic nitrogens is 2. The van der Waals surface area contributed by atoms with Crippen molar-refractivity contribution in [3.63, 3.8) is 0 Å². The quantitative estimate of drug-likeness (QED) is 0.588. The van der Waals surface area contributed by atoms with Crippen LogP contribution in [0.2, 0.25) is 0 Å². The summed E-state index contributed by atoms with van der Waals surface area (Å²) in [5.74, 6) is 1.36. The number of hydrogen-bond acceptors (Lipinski definition) is 6. The van der Waals surface area contributed by atoms with E-state index < -0.39 is 0 Å². The Morgan fingerprint density at radius 2 is 1.91 bits per heavy atom. The topological polar surface area (TPSA) is 88.8 Å². The van der Waals surface area contributed by atoms with Gasteiger partial charge in [-0.3, -0.25) is 9.59 Å². The van der Waals surface area contributed by atoms with E-state index >= 15 is 0 Å². The van der Waals surface area contributed by atoms with Crippen LogP contribution in [0.4, 0.5) is 11.4 Å². The molecule has 3 aromatic rings. The van der Waals surface area contributed by atoms with E-state index in [0.29, 0.717) is 42.7 Å². The van der Waals surface area contributed by atoms with Gasteiger partial charge in [0.1, 0.15) is 5.75 Å². The van der Waals surface area contributed by atoms with Crippen molar-refractivity contribution in [2.24, 2.45) is 0 Å². The van der Waals surface area contributed by atoms with E-state index in [0.717, 1.165) is 23.2 Å². The Bertz CT molecular complexity index is 1230. The number of rotatable bonds is 5. The van der Waals surface area contributed by atoms with E-state index in [1.54, 1.807) is 9.80 Å². The van der Waals surface area contributed by atoms with Gasteiger partial charge in [0, 0.05) is 30.8 Å². The van der Waals surface area contributed by atoms with Crippen LogP contribution < -0.4 is 14.5 Å². The first-order valence-electron chi connectivity index (χ1n) is 11.2. The van der Waals surface area contributed by atoms with Crippen molar-refractivity contribution >= 4 is 23.2 Å². The Hall–Kier alpha value is -3.68. The Morgan fingerprint density at radius 1 is 1.06 bits per heavy atom. The molecular weight excluding hydrogens is 420 g/mol. The highest BCUT2D eigenvalue weighted by Crippen LogP contribution is 2.37. The van der Waals surface area contributed by atoms with E-state index in [1.165, 1.54) is 5.56 Å². The van der Waals surface area contributed by atoms with Gasteiger partial charge in [-0.05, 0) is 61.7 Å². The van der Waals surface area contributed by atoms with Crippen LogP contribution >= 0.6 is 0 Å². The fourth-order valence-corrected chi connectivity index (χ4v) is 4.34. The SMILES string of the molecule is CCCN1C(=O)COc2ccc(-c3noc([C@H]4CC(=O)N(c5ccc(C)c(C)c5)C4)n3)cc21. The minimum absolute atomic E-state index is 0.0441. The number of fused-ring (bicyclic) bond motifs is 1. The molecule has 3 heterocycles. The Labute approximate surface area is 192 Å². The van der Waals surface area contributed by atoms with Gasteiger partial charge in [0.05, 0.1) is 11.6 Å². The Kier molecular flexibility index (Phi) is 5.36. The number of nitrogens with zero attached hydrogens (tertiary/aromatic N) is 4. The summed E-state index contributed by atoms with van der Waals surface area (Å²) in [6.07, 6.45) is 1.17. The molecule has 2 amide bonds. The van der Waals surface area contributed by atoms with E-state index in [1.807, 2.05) is 50.2 Å². The second-order valence-electron chi connectivity index (χ2n) is 8.65. The summed E-state index contributed by atoms with van der Waals surface area (Å²) >= 11 is 0. The molecule has 1 fully saturated rings. The Morgan fingerprint density at radius 3 is 2.70 bits per heavy atom. The molecule has 1 saturated heterocycles. The van der Waals surface area contributed by atoms with Gasteiger partial charge in [-0.15, -0.1) is 0 Å². The first kappa shape index (κ1) is 21.2. The highest BCUT2D eigenvalue weighted by molar-refractivity contribution is 5.98. The highest BCUT2D eigenvalue weighted by atomic mass is 16.5. The van der Waals surface area contributed by atoms with Crippen LogP contribution in [0.1, 0.15) is 42.7 Å². The van der Waals surface area contributed by atoms with Gasteiger partial charge in [0.25, 0.3) is 5.91 Å². The third-order valence-corrected chi connectivity index (χ3v) is 6.33. The summed E-state index contributed by atoms with van der Waals surface area (Å²) in [5.41, 5.74) is 4.68. The summed E-state index contributed by atoms with van der Waals surface area (Å²) in [5, 5.41) is 4.16. The molecule has 0 radical (unpaired) electrons. The molecule has 2 aliphatic heterocycles. The van der Waals surface area contributed by atoms with Gasteiger partial charge in [0.2, 0.25) is 17.6 Å². The first-order valence-corrected chi connectivity index (χ1v) is 11.2. The van der Waals surface area contributed by atoms with E-state index in [2.05, 4.69) is 17.1 Å². The second kappa shape index (κ2) is 8.35. The molecule has 0 aliphatic carbocycles. The molecular formula is C25H26N4O4. The Balaban J connectivity index is 1.38. The number of carbonyl (C=O) groups excluding carboxylic acids is 2. The summed E-state index contributed by atoms with van der Waals surface area (Å²) < 4.78 is 11.1. The van der Waals surface area contributed by atoms with Crippen LogP contribution in [0.5, 0.6) is 5.75 Å². The summed E-state index contributed by atoms with van der Waals surface area (Å²) in [6.45, 7) is 7.29. The number of aryl methyl sites for hydroxylation is 2. The van der Waals surface area contributed by atoms with Crippen molar-refractivity contribution in [2.45, 2.75) is 39.5 Å². The molecule has 0 spiro atoms. The van der Waals surface area contributed by atoms with Gasteiger partial charge >= 0.3 is 0 Å².